The third-order valence-corrected chi connectivity index (χ3v) is 3.36. The first kappa shape index (κ1) is 14.7. The second-order valence-corrected chi connectivity index (χ2v) is 5.05. The van der Waals surface area contributed by atoms with Crippen LogP contribution in [0.25, 0.3) is 0 Å². The van der Waals surface area contributed by atoms with E-state index in [1.165, 1.54) is 17.7 Å². The highest BCUT2D eigenvalue weighted by atomic mass is 19.1. The summed E-state index contributed by atoms with van der Waals surface area (Å²) >= 11 is 0. The third-order valence-electron chi connectivity index (χ3n) is 3.36. The minimum Gasteiger partial charge on any atom is -0.307 e. The van der Waals surface area contributed by atoms with E-state index < -0.39 is 11.6 Å². The van der Waals surface area contributed by atoms with E-state index in [9.17, 15) is 8.78 Å². The first-order valence-electron chi connectivity index (χ1n) is 6.77. The van der Waals surface area contributed by atoms with E-state index in [1.54, 1.807) is 0 Å². The van der Waals surface area contributed by atoms with Crippen LogP contribution in [-0.4, -0.2) is 6.54 Å². The summed E-state index contributed by atoms with van der Waals surface area (Å²) in [7, 11) is 0. The van der Waals surface area contributed by atoms with Crippen LogP contribution in [0.2, 0.25) is 0 Å². The van der Waals surface area contributed by atoms with Gasteiger partial charge in [0, 0.05) is 6.07 Å². The quantitative estimate of drug-likeness (QED) is 0.878. The lowest BCUT2D eigenvalue weighted by atomic mass is 9.93. The molecule has 0 amide bonds. The fourth-order valence-corrected chi connectivity index (χ4v) is 2.50. The minimum atomic E-state index is -0.548. The van der Waals surface area contributed by atoms with Gasteiger partial charge in [-0.1, -0.05) is 30.7 Å². The highest BCUT2D eigenvalue weighted by Gasteiger charge is 2.16. The molecule has 2 aromatic rings. The van der Waals surface area contributed by atoms with Gasteiger partial charge in [-0.15, -0.1) is 0 Å². The van der Waals surface area contributed by atoms with Gasteiger partial charge in [0.2, 0.25) is 0 Å². The van der Waals surface area contributed by atoms with Crippen molar-refractivity contribution in [2.75, 3.05) is 6.54 Å². The summed E-state index contributed by atoms with van der Waals surface area (Å²) < 4.78 is 26.9. The Bertz CT molecular complexity index is 588. The molecule has 3 heteroatoms. The van der Waals surface area contributed by atoms with Crippen LogP contribution in [0.1, 0.15) is 35.2 Å². The number of halogens is 2. The second-order valence-electron chi connectivity index (χ2n) is 5.05. The molecule has 2 rings (SSSR count). The molecule has 0 fully saturated rings. The zero-order valence-electron chi connectivity index (χ0n) is 12.0. The lowest BCUT2D eigenvalue weighted by Crippen LogP contribution is -2.23. The number of hydrogen-bond acceptors (Lipinski definition) is 1. The lowest BCUT2D eigenvalue weighted by molar-refractivity contribution is 0.564. The molecule has 0 saturated heterocycles. The molecule has 1 unspecified atom stereocenters. The Kier molecular flexibility index (Phi) is 4.50. The van der Waals surface area contributed by atoms with Crippen molar-refractivity contribution < 1.29 is 8.78 Å². The molecular formula is C17H19F2N. The minimum absolute atomic E-state index is 0.203. The summed E-state index contributed by atoms with van der Waals surface area (Å²) in [5.74, 6) is -1.10. The first-order valence-corrected chi connectivity index (χ1v) is 6.77. The first-order chi connectivity index (χ1) is 9.51. The Hall–Kier alpha value is -1.74. The molecular weight excluding hydrogens is 256 g/mol. The van der Waals surface area contributed by atoms with Crippen LogP contribution in [0.3, 0.4) is 0 Å². The van der Waals surface area contributed by atoms with E-state index in [1.807, 2.05) is 32.9 Å². The molecule has 0 aliphatic rings. The Balaban J connectivity index is 2.49. The smallest absolute Gasteiger partial charge is 0.126 e. The second kappa shape index (κ2) is 6.14. The summed E-state index contributed by atoms with van der Waals surface area (Å²) in [6.45, 7) is 6.74. The van der Waals surface area contributed by atoms with Gasteiger partial charge < -0.3 is 5.32 Å². The predicted molar refractivity (Wildman–Crippen MR) is 77.8 cm³/mol. The van der Waals surface area contributed by atoms with Crippen LogP contribution in [0, 0.1) is 25.5 Å². The molecule has 0 aliphatic carbocycles. The molecule has 0 bridgehead atoms. The molecule has 0 aromatic heterocycles. The van der Waals surface area contributed by atoms with Crippen molar-refractivity contribution in [1.29, 1.82) is 0 Å². The number of rotatable bonds is 4. The van der Waals surface area contributed by atoms with E-state index in [2.05, 4.69) is 11.4 Å². The van der Waals surface area contributed by atoms with Gasteiger partial charge >= 0.3 is 0 Å². The topological polar surface area (TPSA) is 12.0 Å². The SMILES string of the molecule is CCNC(c1cc(F)cc(F)c1)c1ccc(C)cc1C. The molecule has 1 N–H and O–H groups in total. The maximum atomic E-state index is 13.4. The molecule has 106 valence electrons. The average molecular weight is 275 g/mol. The average Bonchev–Trinajstić information content (AvgIpc) is 2.35. The fourth-order valence-electron chi connectivity index (χ4n) is 2.50. The van der Waals surface area contributed by atoms with Gasteiger partial charge in [-0.3, -0.25) is 0 Å². The van der Waals surface area contributed by atoms with Crippen molar-refractivity contribution >= 4 is 0 Å². The summed E-state index contributed by atoms with van der Waals surface area (Å²) in [6, 6.07) is 9.57. The molecule has 20 heavy (non-hydrogen) atoms. The molecule has 0 saturated carbocycles. The van der Waals surface area contributed by atoms with Crippen molar-refractivity contribution in [3.63, 3.8) is 0 Å². The fraction of sp³-hybridized carbons (Fsp3) is 0.294. The Morgan fingerprint density at radius 1 is 1.00 bits per heavy atom. The van der Waals surface area contributed by atoms with Gasteiger partial charge in [0.25, 0.3) is 0 Å². The van der Waals surface area contributed by atoms with Gasteiger partial charge in [-0.25, -0.2) is 8.78 Å². The van der Waals surface area contributed by atoms with Crippen LogP contribution in [-0.2, 0) is 0 Å². The van der Waals surface area contributed by atoms with E-state index >= 15 is 0 Å². The van der Waals surface area contributed by atoms with E-state index in [0.29, 0.717) is 5.56 Å². The number of nitrogens with one attached hydrogen (secondary N) is 1. The summed E-state index contributed by atoms with van der Waals surface area (Å²) in [5, 5.41) is 3.30. The molecule has 0 radical (unpaired) electrons. The Morgan fingerprint density at radius 3 is 2.20 bits per heavy atom. The molecule has 1 atom stereocenters. The van der Waals surface area contributed by atoms with Crippen molar-refractivity contribution in [2.45, 2.75) is 26.8 Å². The van der Waals surface area contributed by atoms with Crippen LogP contribution >= 0.6 is 0 Å². The predicted octanol–water partition coefficient (Wildman–Crippen LogP) is 4.28. The van der Waals surface area contributed by atoms with Crippen molar-refractivity contribution in [2.24, 2.45) is 0 Å². The number of aryl methyl sites for hydroxylation is 2. The molecule has 0 heterocycles. The molecule has 0 spiro atoms. The Morgan fingerprint density at radius 2 is 1.65 bits per heavy atom. The van der Waals surface area contributed by atoms with Gasteiger partial charge in [0.1, 0.15) is 11.6 Å². The number of hydrogen-bond donors (Lipinski definition) is 1. The van der Waals surface area contributed by atoms with Gasteiger partial charge in [-0.2, -0.15) is 0 Å². The summed E-state index contributed by atoms with van der Waals surface area (Å²) in [5.41, 5.74) is 3.94. The summed E-state index contributed by atoms with van der Waals surface area (Å²) in [6.07, 6.45) is 0. The summed E-state index contributed by atoms with van der Waals surface area (Å²) in [4.78, 5) is 0. The van der Waals surface area contributed by atoms with Crippen molar-refractivity contribution in [1.82, 2.24) is 5.32 Å². The molecule has 1 nitrogen and oxygen atoms in total. The largest absolute Gasteiger partial charge is 0.307 e. The van der Waals surface area contributed by atoms with E-state index in [-0.39, 0.29) is 6.04 Å². The van der Waals surface area contributed by atoms with Crippen LogP contribution < -0.4 is 5.32 Å². The van der Waals surface area contributed by atoms with Crippen molar-refractivity contribution in [3.8, 4) is 0 Å². The maximum Gasteiger partial charge on any atom is 0.126 e. The van der Waals surface area contributed by atoms with Gasteiger partial charge in [0.15, 0.2) is 0 Å². The third kappa shape index (κ3) is 3.23. The van der Waals surface area contributed by atoms with Crippen LogP contribution in [0.4, 0.5) is 8.78 Å². The standard InChI is InChI=1S/C17H19F2N/c1-4-20-17(13-8-14(18)10-15(19)9-13)16-6-5-11(2)7-12(16)3/h5-10,17,20H,4H2,1-3H3. The van der Waals surface area contributed by atoms with Crippen molar-refractivity contribution in [3.05, 3.63) is 70.3 Å². The maximum absolute atomic E-state index is 13.4. The zero-order chi connectivity index (χ0) is 14.7. The van der Waals surface area contributed by atoms with Gasteiger partial charge in [-0.05, 0) is 49.2 Å². The normalized spacial score (nSPS) is 12.4. The molecule has 0 aliphatic heterocycles. The van der Waals surface area contributed by atoms with E-state index in [4.69, 9.17) is 0 Å². The highest BCUT2D eigenvalue weighted by molar-refractivity contribution is 5.39. The monoisotopic (exact) mass is 275 g/mol. The Labute approximate surface area is 118 Å². The highest BCUT2D eigenvalue weighted by Crippen LogP contribution is 2.26. The number of benzene rings is 2. The van der Waals surface area contributed by atoms with E-state index in [0.717, 1.165) is 23.7 Å². The van der Waals surface area contributed by atoms with Gasteiger partial charge in [0.05, 0.1) is 6.04 Å². The van der Waals surface area contributed by atoms with Crippen LogP contribution in [0.15, 0.2) is 36.4 Å². The lowest BCUT2D eigenvalue weighted by Gasteiger charge is -2.21. The zero-order valence-corrected chi connectivity index (χ0v) is 12.0. The molecule has 2 aromatic carbocycles. The van der Waals surface area contributed by atoms with Crippen LogP contribution in [0.5, 0.6) is 0 Å².